The second-order valence-electron chi connectivity index (χ2n) is 5.39. The zero-order valence-corrected chi connectivity index (χ0v) is 12.8. The Kier molecular flexibility index (Phi) is 3.55. The fraction of sp³-hybridized carbons (Fsp3) is 0.0556. The molecule has 118 valence electrons. The van der Waals surface area contributed by atoms with Crippen LogP contribution in [-0.2, 0) is 6.54 Å². The van der Waals surface area contributed by atoms with Crippen LogP contribution in [0.1, 0.15) is 16.8 Å². The molecule has 6 nitrogen and oxygen atoms in total. The van der Waals surface area contributed by atoms with E-state index in [2.05, 4.69) is 25.3 Å². The number of aromatic hydroxyl groups is 1. The molecule has 6 heteroatoms. The summed E-state index contributed by atoms with van der Waals surface area (Å²) < 4.78 is 0. The first-order chi connectivity index (χ1) is 11.8. The van der Waals surface area contributed by atoms with E-state index in [4.69, 9.17) is 0 Å². The lowest BCUT2D eigenvalue weighted by Crippen LogP contribution is -2.00. The molecule has 0 atom stereocenters. The molecular weight excluding hydrogens is 302 g/mol. The monoisotopic (exact) mass is 317 g/mol. The first-order valence-corrected chi connectivity index (χ1v) is 7.57. The molecule has 0 unspecified atom stereocenters. The molecule has 1 aromatic carbocycles. The Balaban J connectivity index is 1.54. The van der Waals surface area contributed by atoms with Crippen LogP contribution in [-0.4, -0.2) is 26.3 Å². The van der Waals surface area contributed by atoms with Gasteiger partial charge in [0.15, 0.2) is 5.82 Å². The number of nitrogens with one attached hydrogen (secondary N) is 2. The van der Waals surface area contributed by atoms with Gasteiger partial charge in [0.25, 0.3) is 0 Å². The summed E-state index contributed by atoms with van der Waals surface area (Å²) in [5.41, 5.74) is 3.48. The number of nitrogens with zero attached hydrogens (tertiary/aromatic N) is 3. The van der Waals surface area contributed by atoms with Crippen molar-refractivity contribution in [3.63, 3.8) is 0 Å². The molecule has 3 heterocycles. The highest BCUT2D eigenvalue weighted by atomic mass is 16.3. The molecule has 0 spiro atoms. The molecule has 4 rings (SSSR count). The van der Waals surface area contributed by atoms with Crippen LogP contribution < -0.4 is 5.32 Å². The van der Waals surface area contributed by atoms with Gasteiger partial charge in [-0.25, -0.2) is 9.98 Å². The predicted molar refractivity (Wildman–Crippen MR) is 94.3 cm³/mol. The van der Waals surface area contributed by atoms with Crippen LogP contribution in [0.5, 0.6) is 5.88 Å². The van der Waals surface area contributed by atoms with Gasteiger partial charge in [-0.1, -0.05) is 30.3 Å². The first kappa shape index (κ1) is 14.2. The highest BCUT2D eigenvalue weighted by Gasteiger charge is 2.14. The van der Waals surface area contributed by atoms with Gasteiger partial charge in [0.2, 0.25) is 11.8 Å². The molecule has 0 saturated heterocycles. The average molecular weight is 317 g/mol. The van der Waals surface area contributed by atoms with Gasteiger partial charge in [-0.2, -0.15) is 4.98 Å². The topological polar surface area (TPSA) is 86.2 Å². The zero-order chi connectivity index (χ0) is 16.4. The lowest BCUT2D eigenvalue weighted by atomic mass is 10.1. The minimum absolute atomic E-state index is 0.0520. The van der Waals surface area contributed by atoms with E-state index in [1.54, 1.807) is 12.4 Å². The van der Waals surface area contributed by atoms with E-state index >= 15 is 0 Å². The van der Waals surface area contributed by atoms with E-state index in [1.807, 2.05) is 48.5 Å². The SMILES string of the molecule is Oc1nc(NCc2ccccc2)[nH]c1C=C1C=Nc2ncccc21. The largest absolute Gasteiger partial charge is 0.492 e. The fourth-order valence-electron chi connectivity index (χ4n) is 2.54. The number of allylic oxidation sites excluding steroid dienone is 1. The minimum Gasteiger partial charge on any atom is -0.492 e. The standard InChI is InChI=1S/C18H15N5O/c24-17-15(9-13-11-20-16-14(13)7-4-8-19-16)22-18(23-17)21-10-12-5-2-1-3-6-12/h1-9,11,24H,10H2,(H2,21,22,23). The van der Waals surface area contributed by atoms with Crippen molar-refractivity contribution in [2.75, 3.05) is 5.32 Å². The summed E-state index contributed by atoms with van der Waals surface area (Å²) in [5.74, 6) is 1.15. The Labute approximate surface area is 138 Å². The van der Waals surface area contributed by atoms with Gasteiger partial charge in [0.05, 0.1) is 0 Å². The molecule has 24 heavy (non-hydrogen) atoms. The Morgan fingerprint density at radius 3 is 2.88 bits per heavy atom. The Morgan fingerprint density at radius 1 is 1.12 bits per heavy atom. The summed E-state index contributed by atoms with van der Waals surface area (Å²) in [6.07, 6.45) is 5.25. The molecule has 0 bridgehead atoms. The maximum Gasteiger partial charge on any atom is 0.238 e. The van der Waals surface area contributed by atoms with E-state index in [0.717, 1.165) is 16.7 Å². The maximum absolute atomic E-state index is 10.0. The summed E-state index contributed by atoms with van der Waals surface area (Å²) >= 11 is 0. The molecule has 3 N–H and O–H groups in total. The molecule has 0 saturated carbocycles. The molecule has 0 fully saturated rings. The highest BCUT2D eigenvalue weighted by molar-refractivity contribution is 6.20. The van der Waals surface area contributed by atoms with Crippen LogP contribution in [0.2, 0.25) is 0 Å². The molecule has 0 amide bonds. The van der Waals surface area contributed by atoms with Gasteiger partial charge < -0.3 is 15.4 Å². The van der Waals surface area contributed by atoms with Crippen molar-refractivity contribution < 1.29 is 5.11 Å². The second kappa shape index (κ2) is 6.00. The molecule has 1 aliphatic rings. The molecule has 0 radical (unpaired) electrons. The van der Waals surface area contributed by atoms with Gasteiger partial charge in [0, 0.05) is 30.1 Å². The van der Waals surface area contributed by atoms with E-state index in [0.29, 0.717) is 24.0 Å². The van der Waals surface area contributed by atoms with Crippen molar-refractivity contribution in [1.82, 2.24) is 15.0 Å². The number of aromatic nitrogens is 3. The van der Waals surface area contributed by atoms with Crippen molar-refractivity contribution in [2.45, 2.75) is 6.54 Å². The summed E-state index contributed by atoms with van der Waals surface area (Å²) in [6.45, 7) is 0.623. The Bertz CT molecular complexity index is 928. The Morgan fingerprint density at radius 2 is 2.00 bits per heavy atom. The molecule has 2 aromatic heterocycles. The number of hydrogen-bond donors (Lipinski definition) is 3. The molecular formula is C18H15N5O. The third-order valence-electron chi connectivity index (χ3n) is 3.74. The van der Waals surface area contributed by atoms with E-state index < -0.39 is 0 Å². The number of rotatable bonds is 4. The number of imidazole rings is 1. The van der Waals surface area contributed by atoms with Gasteiger partial charge in [-0.05, 0) is 23.8 Å². The van der Waals surface area contributed by atoms with Gasteiger partial charge in [-0.3, -0.25) is 0 Å². The number of pyridine rings is 1. The number of H-pyrrole nitrogens is 1. The van der Waals surface area contributed by atoms with E-state index in [9.17, 15) is 5.11 Å². The highest BCUT2D eigenvalue weighted by Crippen LogP contribution is 2.31. The third-order valence-corrected chi connectivity index (χ3v) is 3.74. The van der Waals surface area contributed by atoms with E-state index in [-0.39, 0.29) is 5.88 Å². The summed E-state index contributed by atoms with van der Waals surface area (Å²) in [6, 6.07) is 13.8. The van der Waals surface area contributed by atoms with Crippen LogP contribution in [0.25, 0.3) is 11.6 Å². The van der Waals surface area contributed by atoms with Crippen molar-refractivity contribution in [2.24, 2.45) is 4.99 Å². The quantitative estimate of drug-likeness (QED) is 0.688. The number of hydrogen-bond acceptors (Lipinski definition) is 5. The van der Waals surface area contributed by atoms with E-state index in [1.165, 1.54) is 0 Å². The lowest BCUT2D eigenvalue weighted by molar-refractivity contribution is 0.455. The third kappa shape index (κ3) is 2.77. The molecule has 3 aromatic rings. The van der Waals surface area contributed by atoms with Gasteiger partial charge >= 0.3 is 0 Å². The van der Waals surface area contributed by atoms with Gasteiger partial charge in [-0.15, -0.1) is 0 Å². The van der Waals surface area contributed by atoms with Crippen LogP contribution in [0.15, 0.2) is 53.7 Å². The van der Waals surface area contributed by atoms with Crippen LogP contribution in [0.3, 0.4) is 0 Å². The van der Waals surface area contributed by atoms with Crippen molar-refractivity contribution in [1.29, 1.82) is 0 Å². The number of benzene rings is 1. The fourth-order valence-corrected chi connectivity index (χ4v) is 2.54. The lowest BCUT2D eigenvalue weighted by Gasteiger charge is -2.02. The van der Waals surface area contributed by atoms with Crippen LogP contribution in [0, 0.1) is 0 Å². The predicted octanol–water partition coefficient (Wildman–Crippen LogP) is 3.38. The zero-order valence-electron chi connectivity index (χ0n) is 12.8. The van der Waals surface area contributed by atoms with Crippen LogP contribution in [0.4, 0.5) is 11.8 Å². The summed E-state index contributed by atoms with van der Waals surface area (Å²) in [7, 11) is 0. The number of aromatic amines is 1. The summed E-state index contributed by atoms with van der Waals surface area (Å²) in [4.78, 5) is 15.6. The smallest absolute Gasteiger partial charge is 0.238 e. The Hall–Kier alpha value is -3.41. The van der Waals surface area contributed by atoms with Crippen molar-refractivity contribution >= 4 is 29.6 Å². The number of fused-ring (bicyclic) bond motifs is 1. The van der Waals surface area contributed by atoms with Crippen LogP contribution >= 0.6 is 0 Å². The van der Waals surface area contributed by atoms with Crippen molar-refractivity contribution in [3.8, 4) is 5.88 Å². The molecule has 0 aliphatic carbocycles. The maximum atomic E-state index is 10.0. The first-order valence-electron chi connectivity index (χ1n) is 7.57. The minimum atomic E-state index is -0.0520. The van der Waals surface area contributed by atoms with Gasteiger partial charge in [0.1, 0.15) is 5.69 Å². The van der Waals surface area contributed by atoms with Crippen molar-refractivity contribution in [3.05, 3.63) is 65.5 Å². The molecule has 1 aliphatic heterocycles. The second-order valence-corrected chi connectivity index (χ2v) is 5.39. The summed E-state index contributed by atoms with van der Waals surface area (Å²) in [5, 5.41) is 13.2. The normalized spacial score (nSPS) is 14.1. The number of aliphatic imine (C=N–C) groups is 1. The number of anilines is 1. The average Bonchev–Trinajstić information content (AvgIpc) is 3.18.